The maximum Gasteiger partial charge on any atom is 0.361 e. The molecular weight excluding hydrogens is 441 g/mol. The smallest absolute Gasteiger partial charge is 0.361 e. The number of oxazole rings is 1. The number of nitrogens with zero attached hydrogens (tertiary/aromatic N) is 3. The molecule has 0 saturated carbocycles. The monoisotopic (exact) mass is 465 g/mol. The molecule has 1 aliphatic rings. The molecule has 1 aliphatic heterocycles. The van der Waals surface area contributed by atoms with E-state index < -0.39 is 18.4 Å². The standard InChI is InChI=1S/C25H24FN3O5/c1-16(30)19-8-9-21(20(26)14-19)28-10-12-29(13-11-28)22(31)15-33-25(32)23-17(2)34-24(27-23)18-6-4-3-5-7-18/h3-9,14H,10-13,15H2,1-2H3. The Morgan fingerprint density at radius 2 is 1.76 bits per heavy atom. The van der Waals surface area contributed by atoms with Gasteiger partial charge in [-0.3, -0.25) is 9.59 Å². The van der Waals surface area contributed by atoms with E-state index >= 15 is 0 Å². The van der Waals surface area contributed by atoms with Gasteiger partial charge in [-0.05, 0) is 44.2 Å². The average Bonchev–Trinajstić information content (AvgIpc) is 3.24. The van der Waals surface area contributed by atoms with Crippen molar-refractivity contribution in [1.82, 2.24) is 9.88 Å². The van der Waals surface area contributed by atoms with E-state index in [1.54, 1.807) is 24.0 Å². The summed E-state index contributed by atoms with van der Waals surface area (Å²) in [5.74, 6) is -1.14. The number of anilines is 1. The first-order valence-electron chi connectivity index (χ1n) is 10.9. The highest BCUT2D eigenvalue weighted by Crippen LogP contribution is 2.23. The predicted octanol–water partition coefficient (Wildman–Crippen LogP) is 3.50. The molecule has 4 rings (SSSR count). The Labute approximate surface area is 195 Å². The molecule has 1 fully saturated rings. The van der Waals surface area contributed by atoms with Gasteiger partial charge in [0.1, 0.15) is 11.6 Å². The van der Waals surface area contributed by atoms with Gasteiger partial charge in [0, 0.05) is 37.3 Å². The minimum atomic E-state index is -0.733. The number of hydrogen-bond acceptors (Lipinski definition) is 7. The molecule has 0 spiro atoms. The Morgan fingerprint density at radius 3 is 2.41 bits per heavy atom. The summed E-state index contributed by atoms with van der Waals surface area (Å²) in [6.45, 7) is 4.11. The van der Waals surface area contributed by atoms with Crippen LogP contribution in [0.2, 0.25) is 0 Å². The molecule has 2 heterocycles. The van der Waals surface area contributed by atoms with Gasteiger partial charge in [0.05, 0.1) is 5.69 Å². The van der Waals surface area contributed by atoms with Gasteiger partial charge in [0.15, 0.2) is 18.1 Å². The van der Waals surface area contributed by atoms with Crippen LogP contribution in [-0.2, 0) is 9.53 Å². The molecule has 0 aliphatic carbocycles. The molecule has 176 valence electrons. The lowest BCUT2D eigenvalue weighted by Gasteiger charge is -2.36. The summed E-state index contributed by atoms with van der Waals surface area (Å²) in [6, 6.07) is 13.5. The van der Waals surface area contributed by atoms with Crippen LogP contribution < -0.4 is 4.90 Å². The van der Waals surface area contributed by atoms with Gasteiger partial charge in [-0.15, -0.1) is 0 Å². The third-order valence-corrected chi connectivity index (χ3v) is 5.66. The fraction of sp³-hybridized carbons (Fsp3) is 0.280. The molecule has 1 aromatic heterocycles. The van der Waals surface area contributed by atoms with E-state index in [2.05, 4.69) is 4.98 Å². The number of carbonyl (C=O) groups excluding carboxylic acids is 3. The predicted molar refractivity (Wildman–Crippen MR) is 122 cm³/mol. The highest BCUT2D eigenvalue weighted by Gasteiger charge is 2.25. The second-order valence-electron chi connectivity index (χ2n) is 7.96. The van der Waals surface area contributed by atoms with E-state index in [0.29, 0.717) is 49.1 Å². The summed E-state index contributed by atoms with van der Waals surface area (Å²) in [5, 5.41) is 0. The molecule has 0 atom stereocenters. The summed E-state index contributed by atoms with van der Waals surface area (Å²) in [7, 11) is 0. The number of carbonyl (C=O) groups is 3. The van der Waals surface area contributed by atoms with Crippen LogP contribution in [0, 0.1) is 12.7 Å². The Hall–Kier alpha value is -4.01. The summed E-state index contributed by atoms with van der Waals surface area (Å²) in [5.41, 5.74) is 1.46. The number of hydrogen-bond donors (Lipinski definition) is 0. The first kappa shape index (κ1) is 23.2. The van der Waals surface area contributed by atoms with Gasteiger partial charge in [-0.25, -0.2) is 14.2 Å². The Kier molecular flexibility index (Phi) is 6.72. The van der Waals surface area contributed by atoms with Crippen LogP contribution in [0.5, 0.6) is 0 Å². The third-order valence-electron chi connectivity index (χ3n) is 5.66. The van der Waals surface area contributed by atoms with Crippen molar-refractivity contribution in [3.05, 3.63) is 71.4 Å². The number of amides is 1. The van der Waals surface area contributed by atoms with Gasteiger partial charge >= 0.3 is 5.97 Å². The van der Waals surface area contributed by atoms with Crippen molar-refractivity contribution >= 4 is 23.3 Å². The molecular formula is C25H24FN3O5. The number of esters is 1. The van der Waals surface area contributed by atoms with E-state index in [1.807, 2.05) is 35.2 Å². The second kappa shape index (κ2) is 9.86. The fourth-order valence-corrected chi connectivity index (χ4v) is 3.76. The maximum atomic E-state index is 14.4. The second-order valence-corrected chi connectivity index (χ2v) is 7.96. The number of halogens is 1. The number of aryl methyl sites for hydroxylation is 1. The molecule has 34 heavy (non-hydrogen) atoms. The van der Waals surface area contributed by atoms with Crippen LogP contribution in [0.4, 0.5) is 10.1 Å². The summed E-state index contributed by atoms with van der Waals surface area (Å²) < 4.78 is 25.2. The molecule has 9 heteroatoms. The topological polar surface area (TPSA) is 93.0 Å². The molecule has 3 aromatic rings. The molecule has 0 bridgehead atoms. The number of aromatic nitrogens is 1. The number of ether oxygens (including phenoxy) is 1. The SMILES string of the molecule is CC(=O)c1ccc(N2CCN(C(=O)COC(=O)c3nc(-c4ccccc4)oc3C)CC2)c(F)c1. The summed E-state index contributed by atoms with van der Waals surface area (Å²) >= 11 is 0. The number of rotatable bonds is 6. The molecule has 0 N–H and O–H groups in total. The molecule has 0 radical (unpaired) electrons. The summed E-state index contributed by atoms with van der Waals surface area (Å²) in [4.78, 5) is 44.0. The largest absolute Gasteiger partial charge is 0.451 e. The number of benzene rings is 2. The van der Waals surface area contributed by atoms with Gasteiger partial charge < -0.3 is 19.0 Å². The Morgan fingerprint density at radius 1 is 1.06 bits per heavy atom. The van der Waals surface area contributed by atoms with Crippen molar-refractivity contribution in [3.8, 4) is 11.5 Å². The Bertz CT molecular complexity index is 1220. The van der Waals surface area contributed by atoms with Crippen LogP contribution in [0.3, 0.4) is 0 Å². The van der Waals surface area contributed by atoms with Gasteiger partial charge in [-0.1, -0.05) is 18.2 Å². The van der Waals surface area contributed by atoms with Gasteiger partial charge in [-0.2, -0.15) is 0 Å². The van der Waals surface area contributed by atoms with Crippen molar-refractivity contribution < 1.29 is 27.9 Å². The molecule has 1 amide bonds. The van der Waals surface area contributed by atoms with Crippen LogP contribution >= 0.6 is 0 Å². The van der Waals surface area contributed by atoms with Gasteiger partial charge in [0.2, 0.25) is 5.89 Å². The normalized spacial score (nSPS) is 13.6. The van der Waals surface area contributed by atoms with Crippen molar-refractivity contribution in [2.75, 3.05) is 37.7 Å². The lowest BCUT2D eigenvalue weighted by atomic mass is 10.1. The zero-order chi connectivity index (χ0) is 24.2. The zero-order valence-corrected chi connectivity index (χ0v) is 18.9. The van der Waals surface area contributed by atoms with Crippen LogP contribution in [-0.4, -0.2) is 60.3 Å². The van der Waals surface area contributed by atoms with E-state index in [9.17, 15) is 18.8 Å². The van der Waals surface area contributed by atoms with E-state index in [-0.39, 0.29) is 17.4 Å². The van der Waals surface area contributed by atoms with Crippen molar-refractivity contribution in [2.45, 2.75) is 13.8 Å². The highest BCUT2D eigenvalue weighted by atomic mass is 19.1. The number of piperazine rings is 1. The van der Waals surface area contributed by atoms with E-state index in [1.165, 1.54) is 13.0 Å². The lowest BCUT2D eigenvalue weighted by Crippen LogP contribution is -2.50. The fourth-order valence-electron chi connectivity index (χ4n) is 3.76. The average molecular weight is 465 g/mol. The molecule has 8 nitrogen and oxygen atoms in total. The first-order chi connectivity index (χ1) is 16.3. The zero-order valence-electron chi connectivity index (χ0n) is 18.9. The number of ketones is 1. The van der Waals surface area contributed by atoms with Crippen molar-refractivity contribution in [1.29, 1.82) is 0 Å². The van der Waals surface area contributed by atoms with Crippen molar-refractivity contribution in [3.63, 3.8) is 0 Å². The minimum absolute atomic E-state index is 0.0287. The third kappa shape index (κ3) is 4.98. The minimum Gasteiger partial charge on any atom is -0.451 e. The summed E-state index contributed by atoms with van der Waals surface area (Å²) in [6.07, 6.45) is 0. The molecule has 2 aromatic carbocycles. The number of Topliss-reactive ketones (excluding diaryl/α,β-unsaturated/α-hetero) is 1. The van der Waals surface area contributed by atoms with E-state index in [0.717, 1.165) is 5.56 Å². The quantitative estimate of drug-likeness (QED) is 0.406. The van der Waals surface area contributed by atoms with Crippen LogP contribution in [0.1, 0.15) is 33.5 Å². The molecule has 1 saturated heterocycles. The first-order valence-corrected chi connectivity index (χ1v) is 10.9. The highest BCUT2D eigenvalue weighted by molar-refractivity contribution is 5.94. The van der Waals surface area contributed by atoms with Crippen LogP contribution in [0.15, 0.2) is 52.9 Å². The van der Waals surface area contributed by atoms with Crippen LogP contribution in [0.25, 0.3) is 11.5 Å². The van der Waals surface area contributed by atoms with Crippen molar-refractivity contribution in [2.24, 2.45) is 0 Å². The Balaban J connectivity index is 1.31. The molecule has 0 unspecified atom stereocenters. The van der Waals surface area contributed by atoms with Gasteiger partial charge in [0.25, 0.3) is 5.91 Å². The van der Waals surface area contributed by atoms with E-state index in [4.69, 9.17) is 9.15 Å². The maximum absolute atomic E-state index is 14.4. The lowest BCUT2D eigenvalue weighted by molar-refractivity contribution is -0.134.